The largest absolute Gasteiger partial charge is 0.352 e. The number of carbonyl (C=O) groups is 2. The molecular formula is C13H22N2O2S. The summed E-state index contributed by atoms with van der Waals surface area (Å²) in [5.41, 5.74) is 0. The Bertz CT molecular complexity index is 329. The topological polar surface area (TPSA) is 49.4 Å². The van der Waals surface area contributed by atoms with Gasteiger partial charge >= 0.3 is 0 Å². The third-order valence-electron chi connectivity index (χ3n) is 3.84. The molecule has 2 unspecified atom stereocenters. The van der Waals surface area contributed by atoms with Crippen LogP contribution in [0.1, 0.15) is 46.0 Å². The molecule has 0 radical (unpaired) electrons. The molecule has 0 aromatic carbocycles. The second-order valence-corrected chi connectivity index (χ2v) is 6.57. The van der Waals surface area contributed by atoms with Gasteiger partial charge in [0.1, 0.15) is 6.04 Å². The molecular weight excluding hydrogens is 248 g/mol. The van der Waals surface area contributed by atoms with E-state index < -0.39 is 0 Å². The van der Waals surface area contributed by atoms with Crippen molar-refractivity contribution in [1.29, 1.82) is 0 Å². The first-order chi connectivity index (χ1) is 8.59. The van der Waals surface area contributed by atoms with Gasteiger partial charge in [0.2, 0.25) is 11.8 Å². The molecule has 4 nitrogen and oxygen atoms in total. The fourth-order valence-corrected chi connectivity index (χ4v) is 4.09. The van der Waals surface area contributed by atoms with Gasteiger partial charge in [-0.2, -0.15) is 0 Å². The standard InChI is InChI=1S/C13H22N2O2S/c1-9(16)15-10(2)18-8-12(15)13(17)14-11-6-4-3-5-7-11/h10-12H,3-8H2,1-2H3,(H,14,17). The summed E-state index contributed by atoms with van der Waals surface area (Å²) < 4.78 is 0. The maximum Gasteiger partial charge on any atom is 0.243 e. The average molecular weight is 270 g/mol. The highest BCUT2D eigenvalue weighted by molar-refractivity contribution is 8.00. The first-order valence-corrected chi connectivity index (χ1v) is 7.85. The third kappa shape index (κ3) is 2.99. The van der Waals surface area contributed by atoms with E-state index in [0.717, 1.165) is 18.6 Å². The SMILES string of the molecule is CC(=O)N1C(C)SCC1C(=O)NC1CCCCC1. The molecule has 5 heteroatoms. The molecule has 0 aromatic rings. The maximum atomic E-state index is 12.3. The predicted molar refractivity (Wildman–Crippen MR) is 73.2 cm³/mol. The van der Waals surface area contributed by atoms with Crippen LogP contribution in [0, 0.1) is 0 Å². The fourth-order valence-electron chi connectivity index (χ4n) is 2.87. The van der Waals surface area contributed by atoms with E-state index in [1.165, 1.54) is 19.3 Å². The molecule has 2 aliphatic rings. The van der Waals surface area contributed by atoms with E-state index >= 15 is 0 Å². The Balaban J connectivity index is 1.93. The van der Waals surface area contributed by atoms with Crippen LogP contribution in [0.4, 0.5) is 0 Å². The van der Waals surface area contributed by atoms with E-state index in [1.807, 2.05) is 6.92 Å². The Morgan fingerprint density at radius 3 is 2.50 bits per heavy atom. The van der Waals surface area contributed by atoms with Crippen LogP contribution in [-0.4, -0.2) is 39.9 Å². The summed E-state index contributed by atoms with van der Waals surface area (Å²) in [6.07, 6.45) is 5.86. The van der Waals surface area contributed by atoms with Crippen molar-refractivity contribution in [3.63, 3.8) is 0 Å². The summed E-state index contributed by atoms with van der Waals surface area (Å²) in [6, 6.07) is 0.0467. The van der Waals surface area contributed by atoms with Crippen molar-refractivity contribution >= 4 is 23.6 Å². The molecule has 0 spiro atoms. The van der Waals surface area contributed by atoms with Crippen molar-refractivity contribution in [2.45, 2.75) is 63.4 Å². The van der Waals surface area contributed by atoms with Crippen LogP contribution in [0.25, 0.3) is 0 Å². The highest BCUT2D eigenvalue weighted by Crippen LogP contribution is 2.29. The van der Waals surface area contributed by atoms with E-state index in [2.05, 4.69) is 5.32 Å². The molecule has 2 fully saturated rings. The Hall–Kier alpha value is -0.710. The number of thioether (sulfide) groups is 1. The van der Waals surface area contributed by atoms with Crippen LogP contribution in [0.5, 0.6) is 0 Å². The molecule has 2 atom stereocenters. The minimum Gasteiger partial charge on any atom is -0.352 e. The molecule has 0 aromatic heterocycles. The summed E-state index contributed by atoms with van der Waals surface area (Å²) >= 11 is 1.68. The summed E-state index contributed by atoms with van der Waals surface area (Å²) in [5, 5.41) is 3.24. The second kappa shape index (κ2) is 5.95. The van der Waals surface area contributed by atoms with Crippen molar-refractivity contribution in [2.75, 3.05) is 5.75 Å². The lowest BCUT2D eigenvalue weighted by atomic mass is 9.95. The van der Waals surface area contributed by atoms with Crippen LogP contribution in [0.3, 0.4) is 0 Å². The number of nitrogens with zero attached hydrogens (tertiary/aromatic N) is 1. The number of hydrogen-bond donors (Lipinski definition) is 1. The zero-order valence-electron chi connectivity index (χ0n) is 11.1. The molecule has 1 heterocycles. The highest BCUT2D eigenvalue weighted by Gasteiger charge is 2.38. The fraction of sp³-hybridized carbons (Fsp3) is 0.846. The molecule has 1 saturated heterocycles. The monoisotopic (exact) mass is 270 g/mol. The average Bonchev–Trinajstić information content (AvgIpc) is 2.72. The lowest BCUT2D eigenvalue weighted by Crippen LogP contribution is -2.51. The van der Waals surface area contributed by atoms with Crippen LogP contribution in [0.15, 0.2) is 0 Å². The van der Waals surface area contributed by atoms with Crippen LogP contribution in [-0.2, 0) is 9.59 Å². The smallest absolute Gasteiger partial charge is 0.243 e. The molecule has 102 valence electrons. The van der Waals surface area contributed by atoms with Gasteiger partial charge in [0.15, 0.2) is 0 Å². The van der Waals surface area contributed by atoms with Gasteiger partial charge in [-0.3, -0.25) is 9.59 Å². The number of amides is 2. The summed E-state index contributed by atoms with van der Waals surface area (Å²) in [5.74, 6) is 0.754. The predicted octanol–water partition coefficient (Wildman–Crippen LogP) is 1.75. The van der Waals surface area contributed by atoms with Crippen molar-refractivity contribution < 1.29 is 9.59 Å². The Labute approximate surface area is 113 Å². The number of rotatable bonds is 2. The Morgan fingerprint density at radius 2 is 1.89 bits per heavy atom. The van der Waals surface area contributed by atoms with Gasteiger partial charge in [0.05, 0.1) is 5.37 Å². The molecule has 1 aliphatic carbocycles. The number of hydrogen-bond acceptors (Lipinski definition) is 3. The first kappa shape index (κ1) is 13.7. The van der Waals surface area contributed by atoms with Gasteiger partial charge in [0.25, 0.3) is 0 Å². The summed E-state index contributed by atoms with van der Waals surface area (Å²) in [4.78, 5) is 25.6. The zero-order valence-corrected chi connectivity index (χ0v) is 12.0. The highest BCUT2D eigenvalue weighted by atomic mass is 32.2. The van der Waals surface area contributed by atoms with E-state index in [4.69, 9.17) is 0 Å². The maximum absolute atomic E-state index is 12.3. The van der Waals surface area contributed by atoms with Gasteiger partial charge in [-0.1, -0.05) is 19.3 Å². The van der Waals surface area contributed by atoms with Crippen molar-refractivity contribution in [1.82, 2.24) is 10.2 Å². The number of carbonyl (C=O) groups excluding carboxylic acids is 2. The molecule has 18 heavy (non-hydrogen) atoms. The van der Waals surface area contributed by atoms with Crippen molar-refractivity contribution in [3.8, 4) is 0 Å². The minimum atomic E-state index is -0.274. The van der Waals surface area contributed by atoms with Gasteiger partial charge in [-0.15, -0.1) is 11.8 Å². The van der Waals surface area contributed by atoms with Crippen LogP contribution < -0.4 is 5.32 Å². The number of nitrogens with one attached hydrogen (secondary N) is 1. The van der Waals surface area contributed by atoms with E-state index in [1.54, 1.807) is 23.6 Å². The molecule has 1 N–H and O–H groups in total. The molecule has 2 rings (SSSR count). The van der Waals surface area contributed by atoms with Crippen LogP contribution >= 0.6 is 11.8 Å². The van der Waals surface area contributed by atoms with E-state index in [0.29, 0.717) is 6.04 Å². The van der Waals surface area contributed by atoms with Gasteiger partial charge < -0.3 is 10.2 Å². The van der Waals surface area contributed by atoms with E-state index in [-0.39, 0.29) is 23.2 Å². The second-order valence-electron chi connectivity index (χ2n) is 5.22. The van der Waals surface area contributed by atoms with E-state index in [9.17, 15) is 9.59 Å². The molecule has 1 aliphatic heterocycles. The zero-order chi connectivity index (χ0) is 13.1. The molecule has 0 bridgehead atoms. The first-order valence-electron chi connectivity index (χ1n) is 6.80. The van der Waals surface area contributed by atoms with Crippen LogP contribution in [0.2, 0.25) is 0 Å². The molecule has 1 saturated carbocycles. The lowest BCUT2D eigenvalue weighted by molar-refractivity contribution is -0.138. The van der Waals surface area contributed by atoms with Gasteiger partial charge in [0, 0.05) is 18.7 Å². The lowest BCUT2D eigenvalue weighted by Gasteiger charge is -2.28. The normalized spacial score (nSPS) is 29.3. The third-order valence-corrected chi connectivity index (χ3v) is 5.06. The quantitative estimate of drug-likeness (QED) is 0.831. The van der Waals surface area contributed by atoms with Gasteiger partial charge in [-0.25, -0.2) is 0 Å². The summed E-state index contributed by atoms with van der Waals surface area (Å²) in [7, 11) is 0. The Morgan fingerprint density at radius 1 is 1.22 bits per heavy atom. The van der Waals surface area contributed by atoms with Crippen molar-refractivity contribution in [3.05, 3.63) is 0 Å². The van der Waals surface area contributed by atoms with Gasteiger partial charge in [-0.05, 0) is 19.8 Å². The Kier molecular flexibility index (Phi) is 4.54. The minimum absolute atomic E-state index is 0.00343. The van der Waals surface area contributed by atoms with Crippen molar-refractivity contribution in [2.24, 2.45) is 0 Å². The molecule has 2 amide bonds. The summed E-state index contributed by atoms with van der Waals surface area (Å²) in [6.45, 7) is 3.53.